The van der Waals surface area contributed by atoms with Crippen LogP contribution in [0.4, 0.5) is 0 Å². The van der Waals surface area contributed by atoms with Gasteiger partial charge in [-0.15, -0.1) is 0 Å². The van der Waals surface area contributed by atoms with Crippen molar-refractivity contribution in [2.24, 2.45) is 5.92 Å². The number of ether oxygens (including phenoxy) is 1. The molecule has 3 aromatic rings. The van der Waals surface area contributed by atoms with Gasteiger partial charge in [0.25, 0.3) is 0 Å². The van der Waals surface area contributed by atoms with Crippen LogP contribution >= 0.6 is 0 Å². The van der Waals surface area contributed by atoms with Crippen LogP contribution in [0.15, 0.2) is 41.2 Å². The van der Waals surface area contributed by atoms with E-state index in [-0.39, 0.29) is 39.5 Å². The summed E-state index contributed by atoms with van der Waals surface area (Å²) in [5.74, 6) is -3.71. The molecule has 1 aliphatic rings. The Kier molecular flexibility index (Phi) is 5.25. The second-order valence-electron chi connectivity index (χ2n) is 7.96. The number of aliphatic carboxylic acids is 1. The van der Waals surface area contributed by atoms with Crippen LogP contribution in [0, 0.1) is 5.92 Å². The summed E-state index contributed by atoms with van der Waals surface area (Å²) in [4.78, 5) is 23.8. The standard InChI is InChI=1S/C24H20O9/c1-10-4-15-16(26)8-13(25)9-19(15)33-24(10)12-5-14-11(2-3-20(29)30)6-17(27)22(31)21(14)23(32)18(28)7-12/h2-3,5-10,24-27,31H,4H2,1H3,(H,28,32)(H,29,30)/b3-2+/t10-,24+/m1/s1. The van der Waals surface area contributed by atoms with Gasteiger partial charge in [-0.3, -0.25) is 4.79 Å². The predicted molar refractivity (Wildman–Crippen MR) is 118 cm³/mol. The van der Waals surface area contributed by atoms with E-state index in [0.717, 1.165) is 18.2 Å². The monoisotopic (exact) mass is 452 g/mol. The van der Waals surface area contributed by atoms with E-state index in [9.17, 15) is 35.1 Å². The first-order valence-corrected chi connectivity index (χ1v) is 9.95. The average molecular weight is 452 g/mol. The number of carboxylic acids is 1. The number of hydrogen-bond acceptors (Lipinski definition) is 8. The number of hydrogen-bond donors (Lipinski definition) is 6. The summed E-state index contributed by atoms with van der Waals surface area (Å²) in [5.41, 5.74) is -0.0108. The highest BCUT2D eigenvalue weighted by Gasteiger charge is 2.31. The number of carbonyl (C=O) groups is 1. The number of aromatic hydroxyl groups is 5. The van der Waals surface area contributed by atoms with E-state index in [0.29, 0.717) is 17.5 Å². The van der Waals surface area contributed by atoms with E-state index < -0.39 is 34.8 Å². The molecule has 0 fully saturated rings. The zero-order chi connectivity index (χ0) is 24.0. The first-order valence-electron chi connectivity index (χ1n) is 9.95. The van der Waals surface area contributed by atoms with Gasteiger partial charge in [-0.2, -0.15) is 0 Å². The molecule has 0 unspecified atom stereocenters. The Balaban J connectivity index is 1.98. The summed E-state index contributed by atoms with van der Waals surface area (Å²) in [6, 6.07) is 6.30. The second kappa shape index (κ2) is 7.94. The lowest BCUT2D eigenvalue weighted by molar-refractivity contribution is -0.131. The Morgan fingerprint density at radius 3 is 2.42 bits per heavy atom. The van der Waals surface area contributed by atoms with Crippen molar-refractivity contribution < 1.29 is 40.2 Å². The van der Waals surface area contributed by atoms with Crippen LogP contribution in [-0.2, 0) is 11.2 Å². The van der Waals surface area contributed by atoms with Crippen molar-refractivity contribution >= 4 is 22.8 Å². The number of benzene rings is 2. The van der Waals surface area contributed by atoms with Crippen molar-refractivity contribution in [3.8, 4) is 34.5 Å². The fourth-order valence-electron chi connectivity index (χ4n) is 4.11. The van der Waals surface area contributed by atoms with Crippen LogP contribution in [0.5, 0.6) is 34.5 Å². The Hall–Kier alpha value is -4.40. The van der Waals surface area contributed by atoms with E-state index >= 15 is 0 Å². The summed E-state index contributed by atoms with van der Waals surface area (Å²) in [6.45, 7) is 1.83. The fourth-order valence-corrected chi connectivity index (χ4v) is 4.11. The number of rotatable bonds is 3. The average Bonchev–Trinajstić information content (AvgIpc) is 2.86. The molecule has 0 spiro atoms. The van der Waals surface area contributed by atoms with Crippen molar-refractivity contribution in [2.45, 2.75) is 19.4 Å². The van der Waals surface area contributed by atoms with Crippen LogP contribution < -0.4 is 10.2 Å². The zero-order valence-corrected chi connectivity index (χ0v) is 17.3. The van der Waals surface area contributed by atoms with Gasteiger partial charge in [0, 0.05) is 29.7 Å². The lowest BCUT2D eigenvalue weighted by atomic mass is 9.88. The summed E-state index contributed by atoms with van der Waals surface area (Å²) in [6.07, 6.45) is 1.60. The third kappa shape index (κ3) is 3.84. The molecule has 1 aliphatic heterocycles. The molecule has 0 saturated heterocycles. The topological polar surface area (TPSA) is 165 Å². The van der Waals surface area contributed by atoms with Crippen LogP contribution in [0.25, 0.3) is 16.8 Å². The van der Waals surface area contributed by atoms with Gasteiger partial charge < -0.3 is 35.4 Å². The maximum atomic E-state index is 12.8. The lowest BCUT2D eigenvalue weighted by Gasteiger charge is -2.32. The first kappa shape index (κ1) is 21.8. The summed E-state index contributed by atoms with van der Waals surface area (Å²) < 4.78 is 6.01. The summed E-state index contributed by atoms with van der Waals surface area (Å²) >= 11 is 0. The summed E-state index contributed by atoms with van der Waals surface area (Å²) in [7, 11) is 0. The number of phenols is 4. The molecule has 6 N–H and O–H groups in total. The Bertz CT molecular complexity index is 1390. The molecule has 0 amide bonds. The number of carboxylic acid groups (broad SMARTS) is 1. The maximum absolute atomic E-state index is 12.8. The molecule has 33 heavy (non-hydrogen) atoms. The fraction of sp³-hybridized carbons (Fsp3) is 0.167. The van der Waals surface area contributed by atoms with Gasteiger partial charge in [-0.05, 0) is 47.2 Å². The third-order valence-electron chi connectivity index (χ3n) is 5.63. The summed E-state index contributed by atoms with van der Waals surface area (Å²) in [5, 5.41) is 59.5. The molecule has 0 radical (unpaired) electrons. The molecule has 1 heterocycles. The normalized spacial score (nSPS) is 17.6. The smallest absolute Gasteiger partial charge is 0.328 e. The molecule has 3 aromatic carbocycles. The molecule has 0 aliphatic carbocycles. The van der Waals surface area contributed by atoms with Crippen molar-refractivity contribution in [3.63, 3.8) is 0 Å². The molecular formula is C24H20O9. The largest absolute Gasteiger partial charge is 0.508 e. The van der Waals surface area contributed by atoms with E-state index in [2.05, 4.69) is 0 Å². The predicted octanol–water partition coefficient (Wildman–Crippen LogP) is 3.14. The second-order valence-corrected chi connectivity index (χ2v) is 7.96. The number of fused-ring (bicyclic) bond motifs is 2. The van der Waals surface area contributed by atoms with E-state index in [1.165, 1.54) is 24.3 Å². The van der Waals surface area contributed by atoms with Crippen molar-refractivity contribution in [1.29, 1.82) is 0 Å². The zero-order valence-electron chi connectivity index (χ0n) is 17.3. The van der Waals surface area contributed by atoms with Crippen LogP contribution in [0.1, 0.15) is 29.7 Å². The minimum atomic E-state index is -1.26. The van der Waals surface area contributed by atoms with Gasteiger partial charge in [0.05, 0.1) is 5.39 Å². The van der Waals surface area contributed by atoms with Gasteiger partial charge in [0.2, 0.25) is 5.43 Å². The van der Waals surface area contributed by atoms with Gasteiger partial charge in [0.15, 0.2) is 17.2 Å². The van der Waals surface area contributed by atoms with Crippen molar-refractivity contribution in [3.05, 3.63) is 63.3 Å². The highest BCUT2D eigenvalue weighted by atomic mass is 16.5. The van der Waals surface area contributed by atoms with Crippen molar-refractivity contribution in [2.75, 3.05) is 0 Å². The molecular weight excluding hydrogens is 432 g/mol. The van der Waals surface area contributed by atoms with Crippen LogP contribution in [0.2, 0.25) is 0 Å². The van der Waals surface area contributed by atoms with E-state index in [4.69, 9.17) is 9.84 Å². The van der Waals surface area contributed by atoms with E-state index in [1.54, 1.807) is 0 Å². The highest BCUT2D eigenvalue weighted by Crippen LogP contribution is 2.45. The molecule has 0 saturated carbocycles. The SMILES string of the molecule is C[C@@H]1Cc2c(O)cc(O)cc2O[C@@H]1c1cc(O)c(=O)c2c(O)c(O)cc(/C=C/C(=O)O)c2c1. The number of phenolic OH excluding ortho intramolecular Hbond substituents is 4. The van der Waals surface area contributed by atoms with Crippen LogP contribution in [-0.4, -0.2) is 36.6 Å². The third-order valence-corrected chi connectivity index (χ3v) is 5.63. The minimum absolute atomic E-state index is 0.0865. The quantitative estimate of drug-likeness (QED) is 0.259. The van der Waals surface area contributed by atoms with Crippen molar-refractivity contribution in [1.82, 2.24) is 0 Å². The highest BCUT2D eigenvalue weighted by molar-refractivity contribution is 5.99. The molecule has 0 bridgehead atoms. The molecule has 9 nitrogen and oxygen atoms in total. The first-order chi connectivity index (χ1) is 15.6. The van der Waals surface area contributed by atoms with Gasteiger partial charge >= 0.3 is 5.97 Å². The van der Waals surface area contributed by atoms with E-state index in [1.807, 2.05) is 6.92 Å². The van der Waals surface area contributed by atoms with Gasteiger partial charge in [-0.1, -0.05) is 6.92 Å². The molecule has 0 aromatic heterocycles. The van der Waals surface area contributed by atoms with Gasteiger partial charge in [-0.25, -0.2) is 4.79 Å². The molecule has 9 heteroatoms. The Morgan fingerprint density at radius 1 is 1.00 bits per heavy atom. The maximum Gasteiger partial charge on any atom is 0.328 e. The Labute approximate surface area is 186 Å². The van der Waals surface area contributed by atoms with Crippen LogP contribution in [0.3, 0.4) is 0 Å². The minimum Gasteiger partial charge on any atom is -0.508 e. The van der Waals surface area contributed by atoms with Gasteiger partial charge in [0.1, 0.15) is 23.4 Å². The molecule has 4 rings (SSSR count). The lowest BCUT2D eigenvalue weighted by Crippen LogP contribution is -2.23. The Morgan fingerprint density at radius 2 is 1.73 bits per heavy atom. The molecule has 170 valence electrons. The molecule has 2 atom stereocenters.